The molecule has 3 rings (SSSR count). The summed E-state index contributed by atoms with van der Waals surface area (Å²) in [6.45, 7) is 4.62. The fraction of sp³-hybridized carbons (Fsp3) is 0.600. The molecule has 0 radical (unpaired) electrons. The van der Waals surface area contributed by atoms with E-state index >= 15 is 0 Å². The molecule has 7 heteroatoms. The van der Waals surface area contributed by atoms with E-state index in [0.717, 1.165) is 25.8 Å². The monoisotopic (exact) mass is 380 g/mol. The maximum Gasteiger partial charge on any atom is 0.387 e. The highest BCUT2D eigenvalue weighted by Crippen LogP contribution is 2.52. The molecule has 1 aliphatic heterocycles. The van der Waals surface area contributed by atoms with Crippen molar-refractivity contribution in [3.63, 3.8) is 0 Å². The van der Waals surface area contributed by atoms with Gasteiger partial charge in [-0.05, 0) is 59.9 Å². The molecule has 1 aromatic carbocycles. The van der Waals surface area contributed by atoms with Crippen LogP contribution >= 0.6 is 0 Å². The number of oxime groups is 1. The van der Waals surface area contributed by atoms with Crippen LogP contribution in [-0.2, 0) is 9.63 Å². The molecule has 2 fully saturated rings. The van der Waals surface area contributed by atoms with Crippen LogP contribution < -0.4 is 4.74 Å². The van der Waals surface area contributed by atoms with Crippen LogP contribution in [0.3, 0.4) is 0 Å². The van der Waals surface area contributed by atoms with E-state index < -0.39 is 6.61 Å². The van der Waals surface area contributed by atoms with E-state index in [1.807, 2.05) is 4.90 Å². The Morgan fingerprint density at radius 3 is 2.67 bits per heavy atom. The lowest BCUT2D eigenvalue weighted by Crippen LogP contribution is -2.39. The van der Waals surface area contributed by atoms with E-state index in [0.29, 0.717) is 5.56 Å². The predicted molar refractivity (Wildman–Crippen MR) is 97.9 cm³/mol. The minimum absolute atomic E-state index is 0.0424. The molecule has 2 atom stereocenters. The molecule has 1 saturated carbocycles. The Morgan fingerprint density at radius 1 is 1.30 bits per heavy atom. The number of fused-ring (bicyclic) bond motifs is 2. The first-order valence-corrected chi connectivity index (χ1v) is 9.16. The Labute approximate surface area is 158 Å². The van der Waals surface area contributed by atoms with Crippen LogP contribution in [0.1, 0.15) is 45.6 Å². The Balaban J connectivity index is 1.49. The van der Waals surface area contributed by atoms with Gasteiger partial charge in [0.25, 0.3) is 5.91 Å². The van der Waals surface area contributed by atoms with Crippen molar-refractivity contribution in [3.05, 3.63) is 29.8 Å². The molecular weight excluding hydrogens is 354 g/mol. The predicted octanol–water partition coefficient (Wildman–Crippen LogP) is 4.07. The Hall–Kier alpha value is -2.18. The van der Waals surface area contributed by atoms with Crippen molar-refractivity contribution in [1.29, 1.82) is 0 Å². The van der Waals surface area contributed by atoms with Gasteiger partial charge in [-0.15, -0.1) is 0 Å². The van der Waals surface area contributed by atoms with Crippen molar-refractivity contribution in [2.24, 2.45) is 16.0 Å². The molecule has 1 saturated heterocycles. The molecule has 1 aromatic rings. The Morgan fingerprint density at radius 2 is 2.00 bits per heavy atom. The zero-order chi connectivity index (χ0) is 19.7. The first-order chi connectivity index (χ1) is 12.7. The third kappa shape index (κ3) is 4.96. The van der Waals surface area contributed by atoms with E-state index in [1.54, 1.807) is 12.1 Å². The minimum Gasteiger partial charge on any atom is -0.435 e. The van der Waals surface area contributed by atoms with Crippen molar-refractivity contribution in [1.82, 2.24) is 4.90 Å². The van der Waals surface area contributed by atoms with Crippen molar-refractivity contribution in [2.75, 3.05) is 13.2 Å². The van der Waals surface area contributed by atoms with Crippen molar-refractivity contribution < 1.29 is 23.1 Å². The Bertz CT molecular complexity index is 706. The minimum atomic E-state index is -2.85. The van der Waals surface area contributed by atoms with E-state index in [1.165, 1.54) is 18.3 Å². The SMILES string of the molecule is CC1(C)C[C@@H]2C[C@](C)(CN2C(=O)CO/N=C\c2ccc(OC(F)F)cc2)C1. The van der Waals surface area contributed by atoms with Crippen LogP contribution in [0.5, 0.6) is 5.75 Å². The van der Waals surface area contributed by atoms with Gasteiger partial charge in [0, 0.05) is 12.6 Å². The molecule has 2 aliphatic rings. The van der Waals surface area contributed by atoms with Crippen LogP contribution in [0.4, 0.5) is 8.78 Å². The summed E-state index contributed by atoms with van der Waals surface area (Å²) in [5.74, 6) is 0.0362. The Kier molecular flexibility index (Phi) is 5.40. The summed E-state index contributed by atoms with van der Waals surface area (Å²) >= 11 is 0. The fourth-order valence-electron chi connectivity index (χ4n) is 4.76. The normalized spacial score (nSPS) is 26.6. The molecule has 0 N–H and O–H groups in total. The van der Waals surface area contributed by atoms with Crippen molar-refractivity contribution in [3.8, 4) is 5.75 Å². The van der Waals surface area contributed by atoms with Crippen molar-refractivity contribution in [2.45, 2.75) is 52.7 Å². The zero-order valence-corrected chi connectivity index (χ0v) is 16.0. The molecule has 27 heavy (non-hydrogen) atoms. The number of rotatable bonds is 6. The molecule has 1 heterocycles. The second kappa shape index (κ2) is 7.44. The maximum atomic E-state index is 12.5. The molecule has 1 aliphatic carbocycles. The van der Waals surface area contributed by atoms with Crippen LogP contribution in [0, 0.1) is 10.8 Å². The van der Waals surface area contributed by atoms with Gasteiger partial charge in [0.2, 0.25) is 0 Å². The highest BCUT2D eigenvalue weighted by molar-refractivity contribution is 5.80. The molecule has 5 nitrogen and oxygen atoms in total. The van der Waals surface area contributed by atoms with Gasteiger partial charge in [-0.25, -0.2) is 0 Å². The number of hydrogen-bond donors (Lipinski definition) is 0. The highest BCUT2D eigenvalue weighted by atomic mass is 19.3. The summed E-state index contributed by atoms with van der Waals surface area (Å²) in [5, 5.41) is 3.81. The van der Waals surface area contributed by atoms with E-state index in [-0.39, 0.29) is 35.1 Å². The standard InChI is InChI=1S/C20H26F2N2O3/c1-19(2)8-15-9-20(3,12-19)13-24(15)17(25)11-26-23-10-14-4-6-16(7-5-14)27-18(21)22/h4-7,10,15,18H,8-9,11-13H2,1-3H3/b23-10-/t15-,20+/m1/s1. The molecular formula is C20H26F2N2O3. The third-order valence-electron chi connectivity index (χ3n) is 5.30. The first-order valence-electron chi connectivity index (χ1n) is 9.16. The largest absolute Gasteiger partial charge is 0.435 e. The van der Waals surface area contributed by atoms with Crippen LogP contribution in [0.15, 0.2) is 29.4 Å². The number of nitrogens with zero attached hydrogens (tertiary/aromatic N) is 2. The van der Waals surface area contributed by atoms with E-state index in [4.69, 9.17) is 4.84 Å². The summed E-state index contributed by atoms with van der Waals surface area (Å²) in [6, 6.07) is 6.29. The number of benzene rings is 1. The van der Waals surface area contributed by atoms with E-state index in [2.05, 4.69) is 30.7 Å². The fourth-order valence-corrected chi connectivity index (χ4v) is 4.76. The number of likely N-dealkylation sites (tertiary alicyclic amines) is 1. The van der Waals surface area contributed by atoms with Gasteiger partial charge in [0.15, 0.2) is 6.61 Å². The van der Waals surface area contributed by atoms with E-state index in [9.17, 15) is 13.6 Å². The van der Waals surface area contributed by atoms with Gasteiger partial charge in [0.05, 0.1) is 6.21 Å². The molecule has 0 unspecified atom stereocenters. The summed E-state index contributed by atoms with van der Waals surface area (Å²) in [7, 11) is 0. The lowest BCUT2D eigenvalue weighted by molar-refractivity contribution is -0.137. The topological polar surface area (TPSA) is 51.1 Å². The van der Waals surface area contributed by atoms with Crippen LogP contribution in [-0.4, -0.2) is 42.8 Å². The van der Waals surface area contributed by atoms with Gasteiger partial charge in [-0.2, -0.15) is 8.78 Å². The summed E-state index contributed by atoms with van der Waals surface area (Å²) in [4.78, 5) is 19.7. The number of hydrogen-bond acceptors (Lipinski definition) is 4. The maximum absolute atomic E-state index is 12.5. The second-order valence-corrected chi connectivity index (χ2v) is 8.69. The molecule has 148 valence electrons. The smallest absolute Gasteiger partial charge is 0.387 e. The number of carbonyl (C=O) groups is 1. The number of amides is 1. The number of alkyl halides is 2. The quantitative estimate of drug-likeness (QED) is 0.552. The molecule has 0 spiro atoms. The van der Waals surface area contributed by atoms with Gasteiger partial charge >= 0.3 is 6.61 Å². The zero-order valence-electron chi connectivity index (χ0n) is 16.0. The summed E-state index contributed by atoms with van der Waals surface area (Å²) in [6.07, 6.45) is 4.64. The summed E-state index contributed by atoms with van der Waals surface area (Å²) in [5.41, 5.74) is 1.11. The molecule has 1 amide bonds. The lowest BCUT2D eigenvalue weighted by Gasteiger charge is -2.39. The number of halogens is 2. The summed E-state index contributed by atoms with van der Waals surface area (Å²) < 4.78 is 28.5. The highest BCUT2D eigenvalue weighted by Gasteiger charge is 2.50. The number of carbonyl (C=O) groups excluding carboxylic acids is 1. The first kappa shape index (κ1) is 19.6. The van der Waals surface area contributed by atoms with Gasteiger partial charge in [0.1, 0.15) is 5.75 Å². The van der Waals surface area contributed by atoms with Gasteiger partial charge < -0.3 is 14.5 Å². The molecule has 0 aromatic heterocycles. The van der Waals surface area contributed by atoms with Crippen molar-refractivity contribution >= 4 is 12.1 Å². The second-order valence-electron chi connectivity index (χ2n) is 8.69. The molecule has 2 bridgehead atoms. The third-order valence-corrected chi connectivity index (χ3v) is 5.30. The van der Waals surface area contributed by atoms with Crippen LogP contribution in [0.2, 0.25) is 0 Å². The number of ether oxygens (including phenoxy) is 1. The lowest BCUT2D eigenvalue weighted by atomic mass is 9.65. The average molecular weight is 380 g/mol. The van der Waals surface area contributed by atoms with Crippen LogP contribution in [0.25, 0.3) is 0 Å². The average Bonchev–Trinajstić information content (AvgIpc) is 2.81. The van der Waals surface area contributed by atoms with Gasteiger partial charge in [-0.3, -0.25) is 4.79 Å². The van der Waals surface area contributed by atoms with Gasteiger partial charge in [-0.1, -0.05) is 25.9 Å².